The Hall–Kier alpha value is -2.37. The van der Waals surface area contributed by atoms with Gasteiger partial charge in [-0.15, -0.1) is 0 Å². The molecule has 1 saturated carbocycles. The first-order chi connectivity index (χ1) is 11.2. The highest BCUT2D eigenvalue weighted by Crippen LogP contribution is 2.37. The Morgan fingerprint density at radius 1 is 1.09 bits per heavy atom. The molecule has 23 heavy (non-hydrogen) atoms. The molecule has 1 atom stereocenters. The molecule has 0 aromatic carbocycles. The Balaban J connectivity index is 1.45. The van der Waals surface area contributed by atoms with Gasteiger partial charge in [-0.1, -0.05) is 0 Å². The minimum atomic E-state index is 0.00231. The number of hydrogen-bond acceptors (Lipinski definition) is 5. The maximum atomic E-state index is 12.6. The van der Waals surface area contributed by atoms with Gasteiger partial charge in [0, 0.05) is 49.2 Å². The summed E-state index contributed by atoms with van der Waals surface area (Å²) in [5.74, 6) is 2.43. The normalized spacial score (nSPS) is 20.7. The molecule has 0 radical (unpaired) electrons. The third kappa shape index (κ3) is 2.93. The van der Waals surface area contributed by atoms with E-state index in [0.29, 0.717) is 18.0 Å². The van der Waals surface area contributed by atoms with Crippen molar-refractivity contribution in [1.29, 1.82) is 0 Å². The van der Waals surface area contributed by atoms with Gasteiger partial charge in [-0.25, -0.2) is 19.9 Å². The lowest BCUT2D eigenvalue weighted by Crippen LogP contribution is -2.29. The SMILES string of the molecule is Cc1ccnc(C2CCN(C(=O)c3cnc(C4CC4)nc3)C2)n1. The van der Waals surface area contributed by atoms with E-state index in [1.54, 1.807) is 18.6 Å². The molecular weight excluding hydrogens is 290 g/mol. The fraction of sp³-hybridized carbons (Fsp3) is 0.471. The molecule has 1 amide bonds. The van der Waals surface area contributed by atoms with E-state index in [-0.39, 0.29) is 11.8 Å². The van der Waals surface area contributed by atoms with Crippen LogP contribution >= 0.6 is 0 Å². The van der Waals surface area contributed by atoms with Gasteiger partial charge < -0.3 is 4.90 Å². The van der Waals surface area contributed by atoms with Gasteiger partial charge in [-0.05, 0) is 32.3 Å². The predicted octanol–water partition coefficient (Wildman–Crippen LogP) is 2.08. The van der Waals surface area contributed by atoms with Crippen LogP contribution in [0.5, 0.6) is 0 Å². The summed E-state index contributed by atoms with van der Waals surface area (Å²) >= 11 is 0. The maximum absolute atomic E-state index is 12.6. The van der Waals surface area contributed by atoms with Gasteiger partial charge in [-0.3, -0.25) is 4.79 Å². The van der Waals surface area contributed by atoms with Crippen LogP contribution in [-0.4, -0.2) is 43.8 Å². The zero-order valence-corrected chi connectivity index (χ0v) is 13.1. The van der Waals surface area contributed by atoms with Crippen LogP contribution in [0.15, 0.2) is 24.7 Å². The second-order valence-electron chi connectivity index (χ2n) is 6.40. The van der Waals surface area contributed by atoms with E-state index in [2.05, 4.69) is 19.9 Å². The van der Waals surface area contributed by atoms with Gasteiger partial charge in [-0.2, -0.15) is 0 Å². The molecule has 1 unspecified atom stereocenters. The number of carbonyl (C=O) groups excluding carboxylic acids is 1. The van der Waals surface area contributed by atoms with Crippen LogP contribution in [0, 0.1) is 6.92 Å². The average molecular weight is 309 g/mol. The zero-order valence-electron chi connectivity index (χ0n) is 13.1. The summed E-state index contributed by atoms with van der Waals surface area (Å²) in [6.07, 6.45) is 8.34. The fourth-order valence-corrected chi connectivity index (χ4v) is 3.00. The zero-order chi connectivity index (χ0) is 15.8. The predicted molar refractivity (Wildman–Crippen MR) is 84.0 cm³/mol. The third-order valence-corrected chi connectivity index (χ3v) is 4.52. The van der Waals surface area contributed by atoms with Crippen LogP contribution in [0.1, 0.15) is 58.8 Å². The number of likely N-dealkylation sites (tertiary alicyclic amines) is 1. The summed E-state index contributed by atoms with van der Waals surface area (Å²) in [5, 5.41) is 0. The minimum Gasteiger partial charge on any atom is -0.338 e. The topological polar surface area (TPSA) is 71.9 Å². The van der Waals surface area contributed by atoms with Crippen LogP contribution in [0.25, 0.3) is 0 Å². The highest BCUT2D eigenvalue weighted by atomic mass is 16.2. The number of amides is 1. The molecule has 2 aromatic heterocycles. The summed E-state index contributed by atoms with van der Waals surface area (Å²) < 4.78 is 0. The summed E-state index contributed by atoms with van der Waals surface area (Å²) in [6.45, 7) is 3.35. The Bertz CT molecular complexity index is 726. The van der Waals surface area contributed by atoms with Crippen molar-refractivity contribution in [2.24, 2.45) is 0 Å². The van der Waals surface area contributed by atoms with Crippen molar-refractivity contribution in [2.75, 3.05) is 13.1 Å². The molecule has 0 spiro atoms. The van der Waals surface area contributed by atoms with E-state index >= 15 is 0 Å². The highest BCUT2D eigenvalue weighted by molar-refractivity contribution is 5.93. The molecule has 1 aliphatic heterocycles. The maximum Gasteiger partial charge on any atom is 0.257 e. The largest absolute Gasteiger partial charge is 0.338 e. The Labute approximate surface area is 135 Å². The quantitative estimate of drug-likeness (QED) is 0.868. The van der Waals surface area contributed by atoms with Gasteiger partial charge >= 0.3 is 0 Å². The van der Waals surface area contributed by atoms with Crippen LogP contribution in [-0.2, 0) is 0 Å². The first-order valence-electron chi connectivity index (χ1n) is 8.11. The smallest absolute Gasteiger partial charge is 0.257 e. The molecule has 4 rings (SSSR count). The van der Waals surface area contributed by atoms with E-state index in [0.717, 1.165) is 43.1 Å². The molecule has 0 N–H and O–H groups in total. The number of hydrogen-bond donors (Lipinski definition) is 0. The Morgan fingerprint density at radius 3 is 2.57 bits per heavy atom. The summed E-state index contributed by atoms with van der Waals surface area (Å²) in [7, 11) is 0. The number of carbonyl (C=O) groups is 1. The number of aryl methyl sites for hydroxylation is 1. The number of rotatable bonds is 3. The van der Waals surface area contributed by atoms with Crippen molar-refractivity contribution in [2.45, 2.75) is 38.0 Å². The van der Waals surface area contributed by atoms with E-state index in [1.807, 2.05) is 17.9 Å². The van der Waals surface area contributed by atoms with Gasteiger partial charge in [0.15, 0.2) is 0 Å². The molecule has 2 fully saturated rings. The molecule has 2 aliphatic rings. The molecule has 3 heterocycles. The number of aromatic nitrogens is 4. The van der Waals surface area contributed by atoms with Gasteiger partial charge in [0.05, 0.1) is 5.56 Å². The van der Waals surface area contributed by atoms with Crippen molar-refractivity contribution in [3.8, 4) is 0 Å². The van der Waals surface area contributed by atoms with Crippen LogP contribution in [0.4, 0.5) is 0 Å². The Kier molecular flexibility index (Phi) is 3.52. The lowest BCUT2D eigenvalue weighted by molar-refractivity contribution is 0.0789. The molecule has 0 bridgehead atoms. The van der Waals surface area contributed by atoms with Crippen molar-refractivity contribution in [3.63, 3.8) is 0 Å². The van der Waals surface area contributed by atoms with Gasteiger partial charge in [0.2, 0.25) is 0 Å². The summed E-state index contributed by atoms with van der Waals surface area (Å²) in [4.78, 5) is 32.0. The molecule has 6 nitrogen and oxygen atoms in total. The standard InChI is InChI=1S/C17H19N5O/c1-11-4-6-18-16(21-11)13-5-7-22(10-13)17(23)14-8-19-15(20-9-14)12-2-3-12/h4,6,8-9,12-13H,2-3,5,7,10H2,1H3. The monoisotopic (exact) mass is 309 g/mol. The van der Waals surface area contributed by atoms with Crippen LogP contribution in [0.3, 0.4) is 0 Å². The Morgan fingerprint density at radius 2 is 1.87 bits per heavy atom. The van der Waals surface area contributed by atoms with Crippen molar-refractivity contribution in [3.05, 3.63) is 47.6 Å². The fourth-order valence-electron chi connectivity index (χ4n) is 3.00. The second kappa shape index (κ2) is 5.68. The summed E-state index contributed by atoms with van der Waals surface area (Å²) in [5.41, 5.74) is 1.53. The van der Waals surface area contributed by atoms with Crippen LogP contribution < -0.4 is 0 Å². The minimum absolute atomic E-state index is 0.00231. The van der Waals surface area contributed by atoms with Crippen molar-refractivity contribution < 1.29 is 4.79 Å². The van der Waals surface area contributed by atoms with E-state index < -0.39 is 0 Å². The van der Waals surface area contributed by atoms with E-state index in [9.17, 15) is 4.79 Å². The second-order valence-corrected chi connectivity index (χ2v) is 6.40. The van der Waals surface area contributed by atoms with E-state index in [4.69, 9.17) is 0 Å². The van der Waals surface area contributed by atoms with Crippen molar-refractivity contribution >= 4 is 5.91 Å². The number of nitrogens with zero attached hydrogens (tertiary/aromatic N) is 5. The lowest BCUT2D eigenvalue weighted by atomic mass is 10.1. The molecule has 6 heteroatoms. The highest BCUT2D eigenvalue weighted by Gasteiger charge is 2.31. The first-order valence-corrected chi connectivity index (χ1v) is 8.11. The van der Waals surface area contributed by atoms with Gasteiger partial charge in [0.1, 0.15) is 11.6 Å². The average Bonchev–Trinajstić information content (AvgIpc) is 3.31. The molecule has 2 aromatic rings. The van der Waals surface area contributed by atoms with Gasteiger partial charge in [0.25, 0.3) is 5.91 Å². The lowest BCUT2D eigenvalue weighted by Gasteiger charge is -2.16. The molecular formula is C17H19N5O. The molecule has 118 valence electrons. The van der Waals surface area contributed by atoms with E-state index in [1.165, 1.54) is 0 Å². The van der Waals surface area contributed by atoms with Crippen molar-refractivity contribution in [1.82, 2.24) is 24.8 Å². The first kappa shape index (κ1) is 14.2. The summed E-state index contributed by atoms with van der Waals surface area (Å²) in [6, 6.07) is 1.89. The third-order valence-electron chi connectivity index (χ3n) is 4.52. The van der Waals surface area contributed by atoms with Crippen LogP contribution in [0.2, 0.25) is 0 Å². The molecule has 1 aliphatic carbocycles. The molecule has 1 saturated heterocycles.